The molecule has 3 aliphatic rings. The molecule has 0 amide bonds. The van der Waals surface area contributed by atoms with Crippen molar-refractivity contribution in [2.75, 3.05) is 30.4 Å². The Hall–Kier alpha value is -2.63. The minimum absolute atomic E-state index is 0.0164. The van der Waals surface area contributed by atoms with Crippen LogP contribution >= 0.6 is 27.2 Å². The zero-order chi connectivity index (χ0) is 33.2. The summed E-state index contributed by atoms with van der Waals surface area (Å²) in [5.74, 6) is -0.516. The molecule has 3 fully saturated rings. The lowest BCUT2D eigenvalue weighted by Gasteiger charge is -2.27. The number of H-pyrrole nitrogens is 1. The lowest BCUT2D eigenvalue weighted by Crippen LogP contribution is -2.36. The fourth-order valence-electron chi connectivity index (χ4n) is 5.90. The number of fused-ring (bicyclic) bond motifs is 5. The first-order chi connectivity index (χ1) is 22.4. The Labute approximate surface area is 273 Å². The fourth-order valence-corrected chi connectivity index (χ4v) is 8.61. The van der Waals surface area contributed by atoms with Gasteiger partial charge in [-0.15, -0.1) is 0 Å². The summed E-state index contributed by atoms with van der Waals surface area (Å²) in [6, 6.07) is 0. The van der Waals surface area contributed by atoms with Crippen LogP contribution in [0.2, 0.25) is 0 Å². The Kier molecular flexibility index (Phi) is 8.65. The minimum atomic E-state index is -4.95. The number of thiol groups is 1. The first-order valence-corrected chi connectivity index (χ1v) is 18.6. The lowest BCUT2D eigenvalue weighted by molar-refractivity contribution is -0.0647. The van der Waals surface area contributed by atoms with Crippen molar-refractivity contribution < 1.29 is 47.0 Å². The van der Waals surface area contributed by atoms with Crippen LogP contribution in [-0.2, 0) is 43.9 Å². The molecule has 8 N–H and O–H groups in total. The van der Waals surface area contributed by atoms with Crippen LogP contribution in [0.3, 0.4) is 0 Å². The lowest BCUT2D eigenvalue weighted by atomic mass is 9.95. The van der Waals surface area contributed by atoms with Gasteiger partial charge in [0.25, 0.3) is 5.56 Å². The van der Waals surface area contributed by atoms with Crippen LogP contribution in [0.4, 0.5) is 11.8 Å². The summed E-state index contributed by atoms with van der Waals surface area (Å²) in [7, 11) is -4.95. The summed E-state index contributed by atoms with van der Waals surface area (Å²) >= 11 is 9.63. The number of aromatic nitrogens is 8. The average Bonchev–Trinajstić information content (AvgIpc) is 3.76. The van der Waals surface area contributed by atoms with Crippen molar-refractivity contribution in [2.45, 2.75) is 49.4 Å². The molecule has 0 radical (unpaired) electrons. The number of aliphatic hydroxyl groups is 1. The van der Waals surface area contributed by atoms with Gasteiger partial charge in [0.1, 0.15) is 36.3 Å². The molecule has 4 aromatic rings. The number of phosphoric ester groups is 1. The van der Waals surface area contributed by atoms with Crippen molar-refractivity contribution >= 4 is 73.1 Å². The summed E-state index contributed by atoms with van der Waals surface area (Å²) in [4.78, 5) is 57.4. The van der Waals surface area contributed by atoms with E-state index in [1.807, 2.05) is 0 Å². The second-order valence-corrected chi connectivity index (χ2v) is 15.5. The average molecular weight is 735 g/mol. The normalized spacial score (nSPS) is 36.6. The molecule has 0 aliphatic carbocycles. The molecule has 4 aromatic heterocycles. The summed E-state index contributed by atoms with van der Waals surface area (Å²) in [6.07, 6.45) is -4.82. The van der Waals surface area contributed by atoms with E-state index >= 15 is 0 Å². The highest BCUT2D eigenvalue weighted by Gasteiger charge is 2.53. The Bertz CT molecular complexity index is 1980. The molecule has 25 heteroatoms. The van der Waals surface area contributed by atoms with E-state index in [2.05, 4.69) is 42.5 Å². The molecule has 0 saturated carbocycles. The number of phosphoric acid groups is 1. The number of imidazole rings is 2. The fraction of sp³-hybridized carbons (Fsp3) is 0.545. The van der Waals surface area contributed by atoms with Gasteiger partial charge in [0.15, 0.2) is 35.1 Å². The molecule has 0 spiro atoms. The van der Waals surface area contributed by atoms with Crippen LogP contribution in [0.25, 0.3) is 22.3 Å². The van der Waals surface area contributed by atoms with E-state index in [0.717, 1.165) is 0 Å². The predicted molar refractivity (Wildman–Crippen MR) is 166 cm³/mol. The first kappa shape index (κ1) is 32.9. The van der Waals surface area contributed by atoms with Crippen molar-refractivity contribution in [1.82, 2.24) is 39.0 Å². The molecule has 3 saturated heterocycles. The zero-order valence-corrected chi connectivity index (χ0v) is 27.3. The van der Waals surface area contributed by atoms with E-state index in [1.54, 1.807) is 0 Å². The highest BCUT2D eigenvalue weighted by Crippen LogP contribution is 2.55. The van der Waals surface area contributed by atoms with Crippen molar-refractivity contribution in [3.63, 3.8) is 0 Å². The maximum atomic E-state index is 13.5. The van der Waals surface area contributed by atoms with Gasteiger partial charge in [0, 0.05) is 5.92 Å². The van der Waals surface area contributed by atoms with Gasteiger partial charge in [-0.3, -0.25) is 32.5 Å². The number of aromatic amines is 1. The number of anilines is 2. The molecule has 0 aromatic carbocycles. The molecular formula is C22H28N10O11P2S2. The molecule has 7 heterocycles. The van der Waals surface area contributed by atoms with E-state index in [0.29, 0.717) is 0 Å². The van der Waals surface area contributed by atoms with Crippen LogP contribution in [0.5, 0.6) is 0 Å². The Balaban J connectivity index is 1.23. The molecule has 4 unspecified atom stereocenters. The number of nitrogens with zero attached hydrogens (tertiary/aromatic N) is 7. The number of nitrogen functional groups attached to an aromatic ring is 2. The van der Waals surface area contributed by atoms with Gasteiger partial charge >= 0.3 is 14.5 Å². The molecule has 2 bridgehead atoms. The number of aliphatic hydroxyl groups excluding tert-OH is 1. The Morgan fingerprint density at radius 3 is 2.45 bits per heavy atom. The molecule has 7 rings (SSSR count). The summed E-state index contributed by atoms with van der Waals surface area (Å²) in [5, 5.41) is 11.3. The van der Waals surface area contributed by atoms with Gasteiger partial charge in [0.2, 0.25) is 5.95 Å². The highest BCUT2D eigenvalue weighted by atomic mass is 32.5. The third-order valence-corrected chi connectivity index (χ3v) is 10.8. The van der Waals surface area contributed by atoms with Gasteiger partial charge in [-0.1, -0.05) is 0 Å². The number of ether oxygens (including phenoxy) is 2. The second kappa shape index (κ2) is 12.4. The third-order valence-electron chi connectivity index (χ3n) is 7.97. The van der Waals surface area contributed by atoms with Crippen LogP contribution in [0.1, 0.15) is 18.9 Å². The third kappa shape index (κ3) is 6.09. The number of nitrogens with one attached hydrogen (secondary N) is 1. The largest absolute Gasteiger partial charge is 0.472 e. The molecule has 3 aliphatic heterocycles. The Morgan fingerprint density at radius 2 is 1.68 bits per heavy atom. The Morgan fingerprint density at radius 1 is 0.979 bits per heavy atom. The molecule has 10 atom stereocenters. The van der Waals surface area contributed by atoms with Gasteiger partial charge in [-0.2, -0.15) is 17.6 Å². The quantitative estimate of drug-likeness (QED) is 0.101. The highest BCUT2D eigenvalue weighted by molar-refractivity contribution is 8.07. The monoisotopic (exact) mass is 734 g/mol. The molecule has 21 nitrogen and oxygen atoms in total. The SMILES string of the molecule is Nc1nc2c(ncn2[C@@H]2O[C@@H]3COP(O)(=S)O[C@@H]4C(O)[C@H](n5cnc6c(N)ncnc65)O[C@@H]4COP(=O)(O)O[C@H]2C3CCS)c(=O)[nH]1. The standard InChI is InChI=1S/C22H28N10O11P2S2/c23-16-11-17(26-5-25-16)31(6-27-11)20-13(33)15-10(41-20)4-38-44(35,36)42-14-8(1-2-46)9(3-39-45(37,47)43-15)40-21(14)32-7-28-12-18(32)29-22(24)30-19(12)34/h5-10,13-15,20-21,33,46H,1-4H2,(H,35,36)(H,37,47)(H2,23,25,26)(H3,24,29,30,34)/t8?,9-,10-,13?,14+,15+,20-,21-,45?/m1/s1. The first-order valence-electron chi connectivity index (χ1n) is 13.9. The predicted octanol–water partition coefficient (Wildman–Crippen LogP) is -0.650. The van der Waals surface area contributed by atoms with Crippen molar-refractivity contribution in [2.24, 2.45) is 5.92 Å². The zero-order valence-electron chi connectivity index (χ0n) is 23.8. The van der Waals surface area contributed by atoms with Gasteiger partial charge in [0.05, 0.1) is 32.0 Å². The van der Waals surface area contributed by atoms with Gasteiger partial charge in [-0.05, 0) is 24.0 Å². The number of hydrogen-bond donors (Lipinski definition) is 7. The maximum absolute atomic E-state index is 13.5. The van der Waals surface area contributed by atoms with E-state index in [1.165, 1.54) is 28.1 Å². The van der Waals surface area contributed by atoms with Crippen LogP contribution in [-0.4, -0.2) is 103 Å². The number of hydrogen-bond acceptors (Lipinski definition) is 18. The van der Waals surface area contributed by atoms with Crippen molar-refractivity contribution in [3.8, 4) is 0 Å². The molecular weight excluding hydrogens is 706 g/mol. The summed E-state index contributed by atoms with van der Waals surface area (Å²) < 4.78 is 51.0. The summed E-state index contributed by atoms with van der Waals surface area (Å²) in [5.41, 5.74) is 11.4. The molecule has 47 heavy (non-hydrogen) atoms. The molecule has 254 valence electrons. The van der Waals surface area contributed by atoms with E-state index in [9.17, 15) is 24.3 Å². The number of rotatable bonds is 4. The van der Waals surface area contributed by atoms with Crippen molar-refractivity contribution in [1.29, 1.82) is 0 Å². The van der Waals surface area contributed by atoms with Gasteiger partial charge in [-0.25, -0.2) is 24.5 Å². The van der Waals surface area contributed by atoms with E-state index in [-0.39, 0.29) is 52.9 Å². The van der Waals surface area contributed by atoms with Crippen molar-refractivity contribution in [3.05, 3.63) is 29.3 Å². The summed E-state index contributed by atoms with van der Waals surface area (Å²) in [6.45, 7) is -5.21. The van der Waals surface area contributed by atoms with Crippen LogP contribution in [0.15, 0.2) is 23.8 Å². The number of nitrogens with two attached hydrogens (primary N) is 2. The van der Waals surface area contributed by atoms with Crippen LogP contribution < -0.4 is 17.0 Å². The topological polar surface area (TPSA) is 292 Å². The van der Waals surface area contributed by atoms with E-state index in [4.69, 9.17) is 50.8 Å². The smallest absolute Gasteiger partial charge is 0.386 e. The van der Waals surface area contributed by atoms with Crippen LogP contribution in [0, 0.1) is 5.92 Å². The van der Waals surface area contributed by atoms with Gasteiger partial charge < -0.3 is 40.4 Å². The minimum Gasteiger partial charge on any atom is -0.386 e. The second-order valence-electron chi connectivity index (χ2n) is 10.8. The maximum Gasteiger partial charge on any atom is 0.472 e. The van der Waals surface area contributed by atoms with E-state index < -0.39 is 75.6 Å².